The van der Waals surface area contributed by atoms with E-state index < -0.39 is 0 Å². The molecule has 0 fully saturated rings. The summed E-state index contributed by atoms with van der Waals surface area (Å²) in [6.07, 6.45) is 4.70. The van der Waals surface area contributed by atoms with Gasteiger partial charge in [-0.05, 0) is 36.2 Å². The zero-order valence-corrected chi connectivity index (χ0v) is 13.2. The van der Waals surface area contributed by atoms with Crippen molar-refractivity contribution in [3.63, 3.8) is 0 Å². The molecule has 0 saturated heterocycles. The number of carbonyl (C=O) groups is 1. The van der Waals surface area contributed by atoms with E-state index in [1.165, 1.54) is 5.56 Å². The second kappa shape index (κ2) is 7.50. The standard InChI is InChI=1S/C18H23N3O/c1-4-12-21(14-17-7-6-13-20(17)3)18(22)19-16-10-8-15(5-2)9-11-16/h4,6-11,13H,1,5,12,14H2,2-3H3,(H,19,22). The Morgan fingerprint density at radius 3 is 2.59 bits per heavy atom. The molecule has 116 valence electrons. The van der Waals surface area contributed by atoms with E-state index in [-0.39, 0.29) is 6.03 Å². The number of rotatable bonds is 6. The summed E-state index contributed by atoms with van der Waals surface area (Å²) < 4.78 is 2.01. The molecule has 2 amide bonds. The second-order valence-electron chi connectivity index (χ2n) is 5.26. The molecule has 0 aliphatic heterocycles. The molecular weight excluding hydrogens is 274 g/mol. The highest BCUT2D eigenvalue weighted by Gasteiger charge is 2.14. The minimum Gasteiger partial charge on any atom is -0.353 e. The number of carbonyl (C=O) groups excluding carboxylic acids is 1. The van der Waals surface area contributed by atoms with Crippen molar-refractivity contribution in [3.05, 3.63) is 66.5 Å². The molecule has 1 aromatic carbocycles. The Balaban J connectivity index is 2.05. The molecule has 1 heterocycles. The van der Waals surface area contributed by atoms with Gasteiger partial charge in [0.15, 0.2) is 0 Å². The van der Waals surface area contributed by atoms with Gasteiger partial charge in [0, 0.05) is 31.2 Å². The number of anilines is 1. The van der Waals surface area contributed by atoms with Gasteiger partial charge >= 0.3 is 6.03 Å². The number of amides is 2. The molecule has 0 bridgehead atoms. The Morgan fingerprint density at radius 1 is 1.32 bits per heavy atom. The van der Waals surface area contributed by atoms with Crippen LogP contribution in [0.5, 0.6) is 0 Å². The normalized spacial score (nSPS) is 10.3. The lowest BCUT2D eigenvalue weighted by Gasteiger charge is -2.22. The zero-order chi connectivity index (χ0) is 15.9. The Hall–Kier alpha value is -2.49. The van der Waals surface area contributed by atoms with Crippen molar-refractivity contribution < 1.29 is 4.79 Å². The summed E-state index contributed by atoms with van der Waals surface area (Å²) in [6.45, 7) is 6.90. The molecule has 2 rings (SSSR count). The van der Waals surface area contributed by atoms with Crippen molar-refractivity contribution in [2.24, 2.45) is 7.05 Å². The summed E-state index contributed by atoms with van der Waals surface area (Å²) in [6, 6.07) is 11.8. The van der Waals surface area contributed by atoms with Gasteiger partial charge in [0.2, 0.25) is 0 Å². The highest BCUT2D eigenvalue weighted by Crippen LogP contribution is 2.12. The average Bonchev–Trinajstić information content (AvgIpc) is 2.93. The van der Waals surface area contributed by atoms with Crippen LogP contribution in [0, 0.1) is 0 Å². The van der Waals surface area contributed by atoms with Crippen LogP contribution in [-0.2, 0) is 20.0 Å². The maximum absolute atomic E-state index is 12.5. The van der Waals surface area contributed by atoms with Gasteiger partial charge in [-0.15, -0.1) is 6.58 Å². The van der Waals surface area contributed by atoms with E-state index in [9.17, 15) is 4.79 Å². The number of nitrogens with one attached hydrogen (secondary N) is 1. The number of urea groups is 1. The molecule has 2 aromatic rings. The number of aromatic nitrogens is 1. The number of aryl methyl sites for hydroxylation is 2. The molecule has 4 nitrogen and oxygen atoms in total. The van der Waals surface area contributed by atoms with E-state index in [1.807, 2.05) is 54.2 Å². The van der Waals surface area contributed by atoms with E-state index in [0.29, 0.717) is 13.1 Å². The van der Waals surface area contributed by atoms with Crippen LogP contribution in [-0.4, -0.2) is 22.0 Å². The first-order chi connectivity index (χ1) is 10.6. The molecule has 0 radical (unpaired) electrons. The highest BCUT2D eigenvalue weighted by molar-refractivity contribution is 5.89. The third-order valence-corrected chi connectivity index (χ3v) is 3.65. The van der Waals surface area contributed by atoms with Crippen molar-refractivity contribution >= 4 is 11.7 Å². The lowest BCUT2D eigenvalue weighted by atomic mass is 10.1. The topological polar surface area (TPSA) is 37.3 Å². The summed E-state index contributed by atoms with van der Waals surface area (Å²) in [4.78, 5) is 14.2. The third-order valence-electron chi connectivity index (χ3n) is 3.65. The first-order valence-corrected chi connectivity index (χ1v) is 7.50. The van der Waals surface area contributed by atoms with Gasteiger partial charge in [-0.2, -0.15) is 0 Å². The summed E-state index contributed by atoms with van der Waals surface area (Å²) in [7, 11) is 1.98. The first kappa shape index (κ1) is 15.9. The monoisotopic (exact) mass is 297 g/mol. The van der Waals surface area contributed by atoms with Crippen LogP contribution in [0.3, 0.4) is 0 Å². The van der Waals surface area contributed by atoms with Crippen LogP contribution in [0.4, 0.5) is 10.5 Å². The lowest BCUT2D eigenvalue weighted by molar-refractivity contribution is 0.214. The second-order valence-corrected chi connectivity index (χ2v) is 5.26. The zero-order valence-electron chi connectivity index (χ0n) is 13.2. The molecule has 1 aromatic heterocycles. The van der Waals surface area contributed by atoms with Gasteiger partial charge in [-0.3, -0.25) is 0 Å². The Kier molecular flexibility index (Phi) is 5.42. The van der Waals surface area contributed by atoms with Crippen molar-refractivity contribution in [1.82, 2.24) is 9.47 Å². The quantitative estimate of drug-likeness (QED) is 0.809. The Morgan fingerprint density at radius 2 is 2.05 bits per heavy atom. The average molecular weight is 297 g/mol. The van der Waals surface area contributed by atoms with E-state index in [1.54, 1.807) is 11.0 Å². The van der Waals surface area contributed by atoms with E-state index in [0.717, 1.165) is 17.8 Å². The fourth-order valence-corrected chi connectivity index (χ4v) is 2.26. The maximum atomic E-state index is 12.5. The molecular formula is C18H23N3O. The van der Waals surface area contributed by atoms with E-state index in [4.69, 9.17) is 0 Å². The molecule has 4 heteroatoms. The predicted octanol–water partition coefficient (Wildman–Crippen LogP) is 3.81. The largest absolute Gasteiger partial charge is 0.353 e. The van der Waals surface area contributed by atoms with Crippen molar-refractivity contribution in [1.29, 1.82) is 0 Å². The molecule has 0 atom stereocenters. The van der Waals surface area contributed by atoms with Gasteiger partial charge in [0.25, 0.3) is 0 Å². The van der Waals surface area contributed by atoms with Gasteiger partial charge in [-0.1, -0.05) is 25.1 Å². The Labute approximate surface area is 132 Å². The van der Waals surface area contributed by atoms with Crippen LogP contribution in [0.2, 0.25) is 0 Å². The fraction of sp³-hybridized carbons (Fsp3) is 0.278. The minimum absolute atomic E-state index is 0.120. The van der Waals surface area contributed by atoms with Crippen molar-refractivity contribution in [2.75, 3.05) is 11.9 Å². The van der Waals surface area contributed by atoms with Gasteiger partial charge in [-0.25, -0.2) is 4.79 Å². The number of hydrogen-bond acceptors (Lipinski definition) is 1. The minimum atomic E-state index is -0.120. The SMILES string of the molecule is C=CCN(Cc1cccn1C)C(=O)Nc1ccc(CC)cc1. The summed E-state index contributed by atoms with van der Waals surface area (Å²) in [5.74, 6) is 0. The predicted molar refractivity (Wildman–Crippen MR) is 90.9 cm³/mol. The van der Waals surface area contributed by atoms with Crippen LogP contribution in [0.1, 0.15) is 18.2 Å². The van der Waals surface area contributed by atoms with Crippen molar-refractivity contribution in [3.8, 4) is 0 Å². The number of benzene rings is 1. The number of hydrogen-bond donors (Lipinski definition) is 1. The molecule has 22 heavy (non-hydrogen) atoms. The van der Waals surface area contributed by atoms with Crippen LogP contribution >= 0.6 is 0 Å². The third kappa shape index (κ3) is 4.01. The summed E-state index contributed by atoms with van der Waals surface area (Å²) in [5, 5.41) is 2.94. The molecule has 1 N–H and O–H groups in total. The van der Waals surface area contributed by atoms with Gasteiger partial charge < -0.3 is 14.8 Å². The molecule has 0 aliphatic carbocycles. The van der Waals surface area contributed by atoms with Gasteiger partial charge in [0.1, 0.15) is 0 Å². The smallest absolute Gasteiger partial charge is 0.322 e. The lowest BCUT2D eigenvalue weighted by Crippen LogP contribution is -2.35. The summed E-state index contributed by atoms with van der Waals surface area (Å²) in [5.41, 5.74) is 3.14. The molecule has 0 spiro atoms. The van der Waals surface area contributed by atoms with E-state index >= 15 is 0 Å². The van der Waals surface area contributed by atoms with Crippen LogP contribution in [0.15, 0.2) is 55.3 Å². The highest BCUT2D eigenvalue weighted by atomic mass is 16.2. The molecule has 0 unspecified atom stereocenters. The first-order valence-electron chi connectivity index (χ1n) is 7.50. The maximum Gasteiger partial charge on any atom is 0.322 e. The molecule has 0 saturated carbocycles. The number of nitrogens with zero attached hydrogens (tertiary/aromatic N) is 2. The van der Waals surface area contributed by atoms with Crippen LogP contribution in [0.25, 0.3) is 0 Å². The van der Waals surface area contributed by atoms with Crippen LogP contribution < -0.4 is 5.32 Å². The van der Waals surface area contributed by atoms with Gasteiger partial charge in [0.05, 0.1) is 6.54 Å². The van der Waals surface area contributed by atoms with E-state index in [2.05, 4.69) is 18.8 Å². The Bertz CT molecular complexity index is 628. The molecule has 0 aliphatic rings. The fourth-order valence-electron chi connectivity index (χ4n) is 2.26. The summed E-state index contributed by atoms with van der Waals surface area (Å²) >= 11 is 0. The van der Waals surface area contributed by atoms with Crippen molar-refractivity contribution in [2.45, 2.75) is 19.9 Å².